The monoisotopic (exact) mass is 278 g/mol. The number of amidine groups is 1. The van der Waals surface area contributed by atoms with Crippen molar-refractivity contribution >= 4 is 5.84 Å². The molecule has 0 bridgehead atoms. The van der Waals surface area contributed by atoms with Gasteiger partial charge in [-0.3, -0.25) is 4.68 Å². The molecule has 0 spiro atoms. The van der Waals surface area contributed by atoms with Crippen molar-refractivity contribution in [1.82, 2.24) is 20.3 Å². The second-order valence-electron chi connectivity index (χ2n) is 4.13. The van der Waals surface area contributed by atoms with Crippen molar-refractivity contribution in [3.8, 4) is 0 Å². The van der Waals surface area contributed by atoms with Crippen LogP contribution in [0.15, 0.2) is 35.7 Å². The van der Waals surface area contributed by atoms with Crippen LogP contribution in [0, 0.1) is 5.82 Å². The third kappa shape index (κ3) is 3.51. The van der Waals surface area contributed by atoms with Crippen LogP contribution in [0.2, 0.25) is 0 Å². The lowest BCUT2D eigenvalue weighted by Gasteiger charge is -2.10. The lowest BCUT2D eigenvalue weighted by molar-refractivity contribution is 0.318. The third-order valence-corrected chi connectivity index (χ3v) is 2.76. The molecular weight excluding hydrogens is 263 g/mol. The summed E-state index contributed by atoms with van der Waals surface area (Å²) in [6.45, 7) is 1.80. The van der Waals surface area contributed by atoms with Crippen molar-refractivity contribution in [2.45, 2.75) is 13.1 Å². The van der Waals surface area contributed by atoms with Crippen molar-refractivity contribution in [2.24, 2.45) is 10.9 Å². The zero-order valence-electron chi connectivity index (χ0n) is 10.7. The maximum absolute atomic E-state index is 13.2. The highest BCUT2D eigenvalue weighted by atomic mass is 19.1. The summed E-state index contributed by atoms with van der Waals surface area (Å²) in [5, 5.41) is 22.3. The lowest BCUT2D eigenvalue weighted by atomic mass is 10.1. The largest absolute Gasteiger partial charge is 0.409 e. The molecule has 4 N–H and O–H groups in total. The Morgan fingerprint density at radius 2 is 2.35 bits per heavy atom. The molecule has 0 saturated heterocycles. The number of nitrogens with one attached hydrogen (secondary N) is 1. The predicted octanol–water partition coefficient (Wildman–Crippen LogP) is 0.301. The Morgan fingerprint density at radius 1 is 1.50 bits per heavy atom. The number of hydrogen-bond acceptors (Lipinski definition) is 5. The summed E-state index contributed by atoms with van der Waals surface area (Å²) in [4.78, 5) is 0. The molecule has 0 aliphatic heterocycles. The van der Waals surface area contributed by atoms with E-state index in [1.165, 1.54) is 12.1 Å². The van der Waals surface area contributed by atoms with Gasteiger partial charge < -0.3 is 16.3 Å². The predicted molar refractivity (Wildman–Crippen MR) is 70.6 cm³/mol. The Balaban J connectivity index is 1.95. The highest BCUT2D eigenvalue weighted by Gasteiger charge is 2.08. The maximum Gasteiger partial charge on any atom is 0.170 e. The van der Waals surface area contributed by atoms with Gasteiger partial charge in [-0.15, -0.1) is 5.10 Å². The molecule has 0 amide bonds. The topological polar surface area (TPSA) is 101 Å². The highest BCUT2D eigenvalue weighted by molar-refractivity contribution is 5.98. The molecule has 0 saturated carbocycles. The Hall–Kier alpha value is -2.48. The number of benzene rings is 1. The standard InChI is InChI=1S/C12H15FN6O/c13-10-2-1-9(11(7-10)12(14)17-20)8-15-3-5-19-6-4-16-18-19/h1-2,4,6-7,15,20H,3,5,8H2,(H2,14,17). The number of aromatic nitrogens is 3. The Labute approximate surface area is 114 Å². The fraction of sp³-hybridized carbons (Fsp3) is 0.250. The molecule has 0 radical (unpaired) electrons. The van der Waals surface area contributed by atoms with E-state index in [0.717, 1.165) is 5.56 Å². The second kappa shape index (κ2) is 6.62. The smallest absolute Gasteiger partial charge is 0.170 e. The fourth-order valence-electron chi connectivity index (χ4n) is 1.76. The van der Waals surface area contributed by atoms with Crippen LogP contribution in [-0.4, -0.2) is 32.6 Å². The van der Waals surface area contributed by atoms with Crippen LogP contribution in [0.4, 0.5) is 4.39 Å². The van der Waals surface area contributed by atoms with Gasteiger partial charge >= 0.3 is 0 Å². The molecule has 106 valence electrons. The minimum absolute atomic E-state index is 0.113. The zero-order chi connectivity index (χ0) is 14.4. The van der Waals surface area contributed by atoms with Crippen LogP contribution in [0.25, 0.3) is 0 Å². The van der Waals surface area contributed by atoms with E-state index < -0.39 is 5.82 Å². The van der Waals surface area contributed by atoms with E-state index in [1.54, 1.807) is 23.1 Å². The molecule has 2 rings (SSSR count). The van der Waals surface area contributed by atoms with Crippen LogP contribution >= 0.6 is 0 Å². The molecule has 8 heteroatoms. The Morgan fingerprint density at radius 3 is 3.05 bits per heavy atom. The van der Waals surface area contributed by atoms with E-state index in [0.29, 0.717) is 25.2 Å². The molecule has 0 unspecified atom stereocenters. The summed E-state index contributed by atoms with van der Waals surface area (Å²) in [7, 11) is 0. The summed E-state index contributed by atoms with van der Waals surface area (Å²) in [6, 6.07) is 4.18. The van der Waals surface area contributed by atoms with Gasteiger partial charge in [0.05, 0.1) is 12.7 Å². The fourth-order valence-corrected chi connectivity index (χ4v) is 1.76. The molecule has 0 aliphatic carbocycles. The Kier molecular flexibility index (Phi) is 4.61. The van der Waals surface area contributed by atoms with Crippen molar-refractivity contribution < 1.29 is 9.60 Å². The van der Waals surface area contributed by atoms with Gasteiger partial charge in [-0.05, 0) is 17.7 Å². The van der Waals surface area contributed by atoms with Gasteiger partial charge in [-0.25, -0.2) is 4.39 Å². The molecule has 0 aliphatic rings. The van der Waals surface area contributed by atoms with E-state index in [9.17, 15) is 4.39 Å². The number of halogens is 1. The number of nitrogens with two attached hydrogens (primary N) is 1. The van der Waals surface area contributed by atoms with Gasteiger partial charge in [-0.2, -0.15) is 0 Å². The van der Waals surface area contributed by atoms with Crippen LogP contribution in [0.3, 0.4) is 0 Å². The third-order valence-electron chi connectivity index (χ3n) is 2.76. The first kappa shape index (κ1) is 13.9. The van der Waals surface area contributed by atoms with Crippen molar-refractivity contribution in [1.29, 1.82) is 0 Å². The van der Waals surface area contributed by atoms with E-state index in [1.807, 2.05) is 0 Å². The summed E-state index contributed by atoms with van der Waals surface area (Å²) in [5.41, 5.74) is 6.65. The highest BCUT2D eigenvalue weighted by Crippen LogP contribution is 2.11. The van der Waals surface area contributed by atoms with Crippen LogP contribution in [0.1, 0.15) is 11.1 Å². The van der Waals surface area contributed by atoms with Crippen LogP contribution < -0.4 is 11.1 Å². The van der Waals surface area contributed by atoms with Crippen molar-refractivity contribution in [2.75, 3.05) is 6.54 Å². The molecule has 7 nitrogen and oxygen atoms in total. The van der Waals surface area contributed by atoms with Gasteiger partial charge in [0.1, 0.15) is 5.82 Å². The second-order valence-corrected chi connectivity index (χ2v) is 4.13. The first-order chi connectivity index (χ1) is 9.70. The first-order valence-electron chi connectivity index (χ1n) is 6.02. The normalized spacial score (nSPS) is 11.8. The molecule has 1 aromatic carbocycles. The van der Waals surface area contributed by atoms with Crippen LogP contribution in [-0.2, 0) is 13.1 Å². The maximum atomic E-state index is 13.2. The van der Waals surface area contributed by atoms with E-state index in [4.69, 9.17) is 10.9 Å². The minimum atomic E-state index is -0.432. The Bertz CT molecular complexity index is 584. The van der Waals surface area contributed by atoms with Crippen molar-refractivity contribution in [3.05, 3.63) is 47.5 Å². The number of rotatable bonds is 6. The van der Waals surface area contributed by atoms with E-state index >= 15 is 0 Å². The van der Waals surface area contributed by atoms with E-state index in [2.05, 4.69) is 20.8 Å². The summed E-state index contributed by atoms with van der Waals surface area (Å²) in [5.74, 6) is -0.546. The molecular formula is C12H15FN6O. The molecule has 0 fully saturated rings. The zero-order valence-corrected chi connectivity index (χ0v) is 10.7. The van der Waals surface area contributed by atoms with Gasteiger partial charge in [-0.1, -0.05) is 16.4 Å². The molecule has 20 heavy (non-hydrogen) atoms. The van der Waals surface area contributed by atoms with Crippen molar-refractivity contribution in [3.63, 3.8) is 0 Å². The first-order valence-corrected chi connectivity index (χ1v) is 6.02. The van der Waals surface area contributed by atoms with Gasteiger partial charge in [0.2, 0.25) is 0 Å². The number of nitrogens with zero attached hydrogens (tertiary/aromatic N) is 4. The SMILES string of the molecule is N/C(=N/O)c1cc(F)ccc1CNCCn1ccnn1. The molecule has 1 aromatic heterocycles. The molecule has 0 atom stereocenters. The van der Waals surface area contributed by atoms with Gasteiger partial charge in [0.25, 0.3) is 0 Å². The average Bonchev–Trinajstić information content (AvgIpc) is 2.97. The van der Waals surface area contributed by atoms with E-state index in [-0.39, 0.29) is 5.84 Å². The number of hydrogen-bond donors (Lipinski definition) is 3. The summed E-state index contributed by atoms with van der Waals surface area (Å²) < 4.78 is 14.9. The molecule has 1 heterocycles. The van der Waals surface area contributed by atoms with Crippen LogP contribution in [0.5, 0.6) is 0 Å². The van der Waals surface area contributed by atoms with Gasteiger partial charge in [0.15, 0.2) is 5.84 Å². The lowest BCUT2D eigenvalue weighted by Crippen LogP contribution is -2.23. The minimum Gasteiger partial charge on any atom is -0.409 e. The molecule has 2 aromatic rings. The average molecular weight is 278 g/mol. The number of oxime groups is 1. The van der Waals surface area contributed by atoms with Gasteiger partial charge in [0, 0.05) is 24.8 Å². The quantitative estimate of drug-likeness (QED) is 0.232. The summed E-state index contributed by atoms with van der Waals surface area (Å²) >= 11 is 0. The summed E-state index contributed by atoms with van der Waals surface area (Å²) in [6.07, 6.45) is 3.37.